The van der Waals surface area contributed by atoms with Crippen LogP contribution in [-0.4, -0.2) is 22.0 Å². The molecule has 4 nitrogen and oxygen atoms in total. The van der Waals surface area contributed by atoms with Gasteiger partial charge in [-0.3, -0.25) is 0 Å². The summed E-state index contributed by atoms with van der Waals surface area (Å²) in [6, 6.07) is 5.64. The lowest BCUT2D eigenvalue weighted by Crippen LogP contribution is -1.97. The van der Waals surface area contributed by atoms with E-state index in [1.807, 2.05) is 23.6 Å². The molecule has 3 heterocycles. The van der Waals surface area contributed by atoms with Crippen LogP contribution in [0.25, 0.3) is 10.2 Å². The normalized spacial score (nSPS) is 10.8. The van der Waals surface area contributed by atoms with Gasteiger partial charge in [-0.25, -0.2) is 15.0 Å². The molecule has 96 valence electrons. The van der Waals surface area contributed by atoms with E-state index in [-0.39, 0.29) is 0 Å². The Labute approximate surface area is 123 Å². The highest BCUT2D eigenvalue weighted by Gasteiger charge is 2.12. The summed E-state index contributed by atoms with van der Waals surface area (Å²) in [5.41, 5.74) is 0. The van der Waals surface area contributed by atoms with Gasteiger partial charge in [-0.2, -0.15) is 0 Å². The molecule has 1 N–H and O–H groups in total. The average Bonchev–Trinajstić information content (AvgIpc) is 2.89. The predicted octanol–water partition coefficient (Wildman–Crippen LogP) is 3.93. The lowest BCUT2D eigenvalue weighted by Gasteiger charge is -2.05. The Morgan fingerprint density at radius 3 is 2.95 bits per heavy atom. The second-order valence-electron chi connectivity index (χ2n) is 3.63. The summed E-state index contributed by atoms with van der Waals surface area (Å²) in [5.74, 6) is 0.601. The second kappa shape index (κ2) is 5.32. The van der Waals surface area contributed by atoms with Crippen LogP contribution in [0.3, 0.4) is 0 Å². The number of anilines is 1. The van der Waals surface area contributed by atoms with Crippen LogP contribution in [0.5, 0.6) is 0 Å². The second-order valence-corrected chi connectivity index (χ2v) is 5.91. The first-order chi connectivity index (χ1) is 9.28. The fourth-order valence-electron chi connectivity index (χ4n) is 1.56. The molecular formula is C12H9ClN4S2. The third-order valence-corrected chi connectivity index (χ3v) is 4.68. The molecule has 0 aliphatic heterocycles. The van der Waals surface area contributed by atoms with Gasteiger partial charge in [0, 0.05) is 18.6 Å². The van der Waals surface area contributed by atoms with Crippen LogP contribution < -0.4 is 5.32 Å². The van der Waals surface area contributed by atoms with Crippen molar-refractivity contribution in [1.29, 1.82) is 0 Å². The van der Waals surface area contributed by atoms with E-state index in [4.69, 9.17) is 11.6 Å². The molecule has 0 saturated carbocycles. The van der Waals surface area contributed by atoms with Gasteiger partial charge in [-0.1, -0.05) is 11.6 Å². The van der Waals surface area contributed by atoms with Gasteiger partial charge in [0.25, 0.3) is 0 Å². The maximum atomic E-state index is 6.13. The Balaban J connectivity index is 2.09. The first-order valence-corrected chi connectivity index (χ1v) is 7.56. The molecular weight excluding hydrogens is 300 g/mol. The highest BCUT2D eigenvalue weighted by molar-refractivity contribution is 7.99. The minimum Gasteiger partial charge on any atom is -0.357 e. The number of hydrogen-bond donors (Lipinski definition) is 1. The summed E-state index contributed by atoms with van der Waals surface area (Å²) in [4.78, 5) is 14.1. The SMILES string of the molecule is CNc1nc(Sc2ncccc2Cl)c2ccsc2n1. The molecule has 0 radical (unpaired) electrons. The third-order valence-electron chi connectivity index (χ3n) is 2.43. The maximum absolute atomic E-state index is 6.13. The number of fused-ring (bicyclic) bond motifs is 1. The van der Waals surface area contributed by atoms with Crippen molar-refractivity contribution in [2.75, 3.05) is 12.4 Å². The van der Waals surface area contributed by atoms with E-state index < -0.39 is 0 Å². The molecule has 0 unspecified atom stereocenters. The molecule has 3 rings (SSSR count). The summed E-state index contributed by atoms with van der Waals surface area (Å²) in [6.07, 6.45) is 1.72. The van der Waals surface area contributed by atoms with Crippen LogP contribution >= 0.6 is 34.7 Å². The first-order valence-electron chi connectivity index (χ1n) is 5.49. The monoisotopic (exact) mass is 308 g/mol. The summed E-state index contributed by atoms with van der Waals surface area (Å²) < 4.78 is 0. The number of aromatic nitrogens is 3. The molecule has 0 aliphatic carbocycles. The lowest BCUT2D eigenvalue weighted by atomic mass is 10.4. The predicted molar refractivity (Wildman–Crippen MR) is 80.3 cm³/mol. The molecule has 0 fully saturated rings. The van der Waals surface area contributed by atoms with Crippen LogP contribution in [0.15, 0.2) is 39.8 Å². The molecule has 3 aromatic rings. The third kappa shape index (κ3) is 2.51. The average molecular weight is 309 g/mol. The fraction of sp³-hybridized carbons (Fsp3) is 0.0833. The number of nitrogens with zero attached hydrogens (tertiary/aromatic N) is 3. The van der Waals surface area contributed by atoms with Crippen LogP contribution in [0.1, 0.15) is 0 Å². The lowest BCUT2D eigenvalue weighted by molar-refractivity contribution is 1.08. The van der Waals surface area contributed by atoms with E-state index >= 15 is 0 Å². The van der Waals surface area contributed by atoms with E-state index in [1.165, 1.54) is 11.8 Å². The van der Waals surface area contributed by atoms with Gasteiger partial charge < -0.3 is 5.32 Å². The zero-order valence-corrected chi connectivity index (χ0v) is 12.3. The number of nitrogens with one attached hydrogen (secondary N) is 1. The highest BCUT2D eigenvalue weighted by Crippen LogP contribution is 2.35. The zero-order valence-electron chi connectivity index (χ0n) is 9.92. The van der Waals surface area contributed by atoms with Gasteiger partial charge in [0.1, 0.15) is 14.9 Å². The van der Waals surface area contributed by atoms with Crippen molar-refractivity contribution >= 4 is 50.9 Å². The first kappa shape index (κ1) is 12.7. The Morgan fingerprint density at radius 1 is 1.26 bits per heavy atom. The molecule has 0 bridgehead atoms. The molecule has 0 atom stereocenters. The van der Waals surface area contributed by atoms with Crippen LogP contribution in [0.2, 0.25) is 5.02 Å². The van der Waals surface area contributed by atoms with Crippen LogP contribution in [0, 0.1) is 0 Å². The number of hydrogen-bond acceptors (Lipinski definition) is 6. The van der Waals surface area contributed by atoms with E-state index in [1.54, 1.807) is 24.6 Å². The molecule has 0 aliphatic rings. The van der Waals surface area contributed by atoms with Gasteiger partial charge in [-0.15, -0.1) is 11.3 Å². The van der Waals surface area contributed by atoms with Crippen LogP contribution in [-0.2, 0) is 0 Å². The molecule has 3 aromatic heterocycles. The number of pyridine rings is 1. The molecule has 19 heavy (non-hydrogen) atoms. The van der Waals surface area contributed by atoms with Crippen molar-refractivity contribution in [1.82, 2.24) is 15.0 Å². The number of thiophene rings is 1. The summed E-state index contributed by atoms with van der Waals surface area (Å²) in [6.45, 7) is 0. The number of rotatable bonds is 3. The van der Waals surface area contributed by atoms with Crippen molar-refractivity contribution in [3.05, 3.63) is 34.8 Å². The Kier molecular flexibility index (Phi) is 3.54. The molecule has 7 heteroatoms. The van der Waals surface area contributed by atoms with Crippen molar-refractivity contribution in [2.24, 2.45) is 0 Å². The van der Waals surface area contributed by atoms with E-state index in [0.29, 0.717) is 11.0 Å². The molecule has 0 aromatic carbocycles. The Bertz CT molecular complexity index is 729. The van der Waals surface area contributed by atoms with E-state index in [9.17, 15) is 0 Å². The summed E-state index contributed by atoms with van der Waals surface area (Å²) in [7, 11) is 1.80. The van der Waals surface area contributed by atoms with Gasteiger partial charge in [0.2, 0.25) is 5.95 Å². The highest BCUT2D eigenvalue weighted by atomic mass is 35.5. The summed E-state index contributed by atoms with van der Waals surface area (Å²) >= 11 is 9.17. The van der Waals surface area contributed by atoms with Crippen LogP contribution in [0.4, 0.5) is 5.95 Å². The minimum absolute atomic E-state index is 0.601. The Morgan fingerprint density at radius 2 is 2.16 bits per heavy atom. The minimum atomic E-state index is 0.601. The smallest absolute Gasteiger partial charge is 0.224 e. The Hall–Kier alpha value is -1.37. The standard InChI is InChI=1S/C12H9ClN4S2/c1-14-12-16-9-7(4-6-18-9)10(17-12)19-11-8(13)3-2-5-15-11/h2-6H,1H3,(H,14,16,17). The van der Waals surface area contributed by atoms with E-state index in [2.05, 4.69) is 20.3 Å². The summed E-state index contributed by atoms with van der Waals surface area (Å²) in [5, 5.41) is 8.22. The van der Waals surface area contributed by atoms with Crippen molar-refractivity contribution in [3.8, 4) is 0 Å². The van der Waals surface area contributed by atoms with Crippen molar-refractivity contribution in [3.63, 3.8) is 0 Å². The maximum Gasteiger partial charge on any atom is 0.224 e. The van der Waals surface area contributed by atoms with Crippen molar-refractivity contribution in [2.45, 2.75) is 10.1 Å². The number of halogens is 1. The quantitative estimate of drug-likeness (QED) is 0.743. The zero-order chi connectivity index (χ0) is 13.2. The van der Waals surface area contributed by atoms with Crippen molar-refractivity contribution < 1.29 is 0 Å². The fourth-order valence-corrected chi connectivity index (χ4v) is 3.49. The van der Waals surface area contributed by atoms with E-state index in [0.717, 1.165) is 20.3 Å². The van der Waals surface area contributed by atoms with Gasteiger partial charge >= 0.3 is 0 Å². The van der Waals surface area contributed by atoms with Gasteiger partial charge in [0.05, 0.1) is 5.02 Å². The topological polar surface area (TPSA) is 50.7 Å². The molecule has 0 spiro atoms. The molecule has 0 amide bonds. The molecule has 0 saturated heterocycles. The van der Waals surface area contributed by atoms with Gasteiger partial charge in [-0.05, 0) is 35.3 Å². The van der Waals surface area contributed by atoms with Gasteiger partial charge in [0.15, 0.2) is 0 Å². The largest absolute Gasteiger partial charge is 0.357 e.